The topological polar surface area (TPSA) is 82.1 Å². The Morgan fingerprint density at radius 2 is 1.94 bits per heavy atom. The Bertz CT molecular complexity index is 426. The van der Waals surface area contributed by atoms with Crippen LogP contribution in [0.1, 0.15) is 6.92 Å². The van der Waals surface area contributed by atoms with Gasteiger partial charge >= 0.3 is 11.9 Å². The van der Waals surface area contributed by atoms with Crippen molar-refractivity contribution in [2.75, 3.05) is 13.7 Å². The minimum atomic E-state index is -1.14. The number of benzene rings is 1. The molecule has 6 nitrogen and oxygen atoms in total. The third kappa shape index (κ3) is 3.37. The summed E-state index contributed by atoms with van der Waals surface area (Å²) < 4.78 is 14.1. The summed E-state index contributed by atoms with van der Waals surface area (Å²) in [7, 11) is 1.34. The van der Waals surface area contributed by atoms with Crippen LogP contribution >= 0.6 is 0 Å². The molecule has 92 valence electrons. The van der Waals surface area contributed by atoms with Gasteiger partial charge in [0.1, 0.15) is 5.75 Å². The fourth-order valence-electron chi connectivity index (χ4n) is 1.07. The highest BCUT2D eigenvalue weighted by atomic mass is 16.6. The van der Waals surface area contributed by atoms with E-state index in [1.54, 1.807) is 6.92 Å². The number of ether oxygens (including phenoxy) is 3. The van der Waals surface area contributed by atoms with Crippen molar-refractivity contribution in [2.24, 2.45) is 0 Å². The molecule has 1 aromatic carbocycles. The van der Waals surface area contributed by atoms with Crippen LogP contribution in [0.4, 0.5) is 0 Å². The van der Waals surface area contributed by atoms with E-state index in [0.29, 0.717) is 0 Å². The molecule has 0 heterocycles. The minimum Gasteiger partial charge on any atom is -0.508 e. The van der Waals surface area contributed by atoms with Gasteiger partial charge in [-0.25, -0.2) is 9.59 Å². The van der Waals surface area contributed by atoms with Crippen LogP contribution in [0.2, 0.25) is 0 Å². The first-order valence-corrected chi connectivity index (χ1v) is 4.84. The van der Waals surface area contributed by atoms with Crippen molar-refractivity contribution >= 4 is 11.9 Å². The molecular weight excluding hydrogens is 228 g/mol. The highest BCUT2D eigenvalue weighted by molar-refractivity contribution is 6.30. The predicted molar refractivity (Wildman–Crippen MR) is 56.9 cm³/mol. The smallest absolute Gasteiger partial charge is 0.422 e. The summed E-state index contributed by atoms with van der Waals surface area (Å²) in [6, 6.07) is 3.87. The third-order valence-electron chi connectivity index (χ3n) is 1.79. The van der Waals surface area contributed by atoms with E-state index in [0.717, 1.165) is 0 Å². The number of carbonyl (C=O) groups excluding carboxylic acids is 2. The zero-order valence-electron chi connectivity index (χ0n) is 9.43. The fourth-order valence-corrected chi connectivity index (χ4v) is 1.07. The third-order valence-corrected chi connectivity index (χ3v) is 1.79. The van der Waals surface area contributed by atoms with Crippen LogP contribution in [0.5, 0.6) is 17.2 Å². The number of aromatic hydroxyl groups is 1. The first-order valence-electron chi connectivity index (χ1n) is 4.84. The monoisotopic (exact) mass is 240 g/mol. The van der Waals surface area contributed by atoms with Crippen molar-refractivity contribution in [2.45, 2.75) is 6.92 Å². The molecule has 0 amide bonds. The SMILES string of the molecule is CCOC(=O)C(=O)Oc1ccc(O)cc1OC. The highest BCUT2D eigenvalue weighted by Gasteiger charge is 2.19. The highest BCUT2D eigenvalue weighted by Crippen LogP contribution is 2.30. The average Bonchev–Trinajstić information content (AvgIpc) is 2.31. The van der Waals surface area contributed by atoms with E-state index in [2.05, 4.69) is 4.74 Å². The Morgan fingerprint density at radius 3 is 2.53 bits per heavy atom. The molecule has 0 aromatic heterocycles. The lowest BCUT2D eigenvalue weighted by Crippen LogP contribution is -2.23. The standard InChI is InChI=1S/C11H12O6/c1-3-16-10(13)11(14)17-8-5-4-7(12)6-9(8)15-2/h4-6,12H,3H2,1-2H3. The van der Waals surface area contributed by atoms with E-state index in [9.17, 15) is 14.7 Å². The normalized spacial score (nSPS) is 9.53. The van der Waals surface area contributed by atoms with Crippen LogP contribution in [-0.4, -0.2) is 30.8 Å². The van der Waals surface area contributed by atoms with Crippen molar-refractivity contribution < 1.29 is 28.9 Å². The van der Waals surface area contributed by atoms with Gasteiger partial charge < -0.3 is 19.3 Å². The van der Waals surface area contributed by atoms with Gasteiger partial charge in [-0.2, -0.15) is 0 Å². The summed E-state index contributed by atoms with van der Waals surface area (Å²) in [5.74, 6) is -2.10. The van der Waals surface area contributed by atoms with E-state index in [1.165, 1.54) is 25.3 Å². The van der Waals surface area contributed by atoms with E-state index in [-0.39, 0.29) is 23.9 Å². The molecule has 0 aliphatic carbocycles. The first kappa shape index (κ1) is 12.8. The van der Waals surface area contributed by atoms with Crippen LogP contribution in [-0.2, 0) is 14.3 Å². The summed E-state index contributed by atoms with van der Waals surface area (Å²) >= 11 is 0. The molecule has 6 heteroatoms. The number of phenolic OH excluding ortho intramolecular Hbond substituents is 1. The number of carbonyl (C=O) groups is 2. The molecule has 0 bridgehead atoms. The molecule has 0 aliphatic heterocycles. The molecule has 1 N–H and O–H groups in total. The molecule has 1 rings (SSSR count). The number of methoxy groups -OCH3 is 1. The summed E-state index contributed by atoms with van der Waals surface area (Å²) in [6.07, 6.45) is 0. The van der Waals surface area contributed by atoms with Gasteiger partial charge in [0.05, 0.1) is 13.7 Å². The predicted octanol–water partition coefficient (Wildman–Crippen LogP) is 0.869. The van der Waals surface area contributed by atoms with Crippen molar-refractivity contribution in [1.82, 2.24) is 0 Å². The van der Waals surface area contributed by atoms with E-state index >= 15 is 0 Å². The summed E-state index contributed by atoms with van der Waals surface area (Å²) in [5.41, 5.74) is 0. The summed E-state index contributed by atoms with van der Waals surface area (Å²) in [6.45, 7) is 1.66. The van der Waals surface area contributed by atoms with Crippen LogP contribution < -0.4 is 9.47 Å². The van der Waals surface area contributed by atoms with Crippen molar-refractivity contribution in [1.29, 1.82) is 0 Å². The number of hydrogen-bond donors (Lipinski definition) is 1. The van der Waals surface area contributed by atoms with E-state index in [4.69, 9.17) is 9.47 Å². The zero-order valence-corrected chi connectivity index (χ0v) is 9.43. The number of rotatable bonds is 3. The Hall–Kier alpha value is -2.24. The Kier molecular flexibility index (Phi) is 4.33. The average molecular weight is 240 g/mol. The Morgan fingerprint density at radius 1 is 1.24 bits per heavy atom. The van der Waals surface area contributed by atoms with Gasteiger partial charge in [-0.1, -0.05) is 0 Å². The van der Waals surface area contributed by atoms with Crippen molar-refractivity contribution in [3.8, 4) is 17.2 Å². The van der Waals surface area contributed by atoms with Crippen LogP contribution in [0, 0.1) is 0 Å². The summed E-state index contributed by atoms with van der Waals surface area (Å²) in [5, 5.41) is 9.18. The Labute approximate surface area is 97.7 Å². The van der Waals surface area contributed by atoms with Gasteiger partial charge in [-0.3, -0.25) is 0 Å². The quantitative estimate of drug-likeness (QED) is 0.479. The van der Waals surface area contributed by atoms with Crippen LogP contribution in [0.15, 0.2) is 18.2 Å². The molecule has 0 radical (unpaired) electrons. The molecule has 1 aromatic rings. The lowest BCUT2D eigenvalue weighted by molar-refractivity contribution is -0.161. The van der Waals surface area contributed by atoms with E-state index in [1.807, 2.05) is 0 Å². The van der Waals surface area contributed by atoms with Crippen LogP contribution in [0.3, 0.4) is 0 Å². The van der Waals surface area contributed by atoms with Gasteiger partial charge in [-0.05, 0) is 19.1 Å². The first-order chi connectivity index (χ1) is 8.08. The number of hydrogen-bond acceptors (Lipinski definition) is 6. The second-order valence-electron chi connectivity index (χ2n) is 2.95. The lowest BCUT2D eigenvalue weighted by atomic mass is 10.3. The lowest BCUT2D eigenvalue weighted by Gasteiger charge is -2.08. The maximum atomic E-state index is 11.2. The number of esters is 2. The van der Waals surface area contributed by atoms with Crippen molar-refractivity contribution in [3.05, 3.63) is 18.2 Å². The van der Waals surface area contributed by atoms with Crippen molar-refractivity contribution in [3.63, 3.8) is 0 Å². The van der Waals surface area contributed by atoms with Gasteiger partial charge in [0.2, 0.25) is 0 Å². The minimum absolute atomic E-state index is 0.0309. The molecule has 0 saturated carbocycles. The molecule has 0 saturated heterocycles. The van der Waals surface area contributed by atoms with Crippen LogP contribution in [0.25, 0.3) is 0 Å². The number of phenols is 1. The molecule has 0 atom stereocenters. The molecule has 0 fully saturated rings. The second-order valence-corrected chi connectivity index (χ2v) is 2.95. The molecule has 0 unspecified atom stereocenters. The Balaban J connectivity index is 2.81. The maximum absolute atomic E-state index is 11.2. The summed E-state index contributed by atoms with van der Waals surface area (Å²) in [4.78, 5) is 22.3. The molecular formula is C11H12O6. The van der Waals surface area contributed by atoms with E-state index < -0.39 is 11.9 Å². The molecule has 17 heavy (non-hydrogen) atoms. The molecule has 0 aliphatic rings. The second kappa shape index (κ2) is 5.74. The van der Waals surface area contributed by atoms with Gasteiger partial charge in [-0.15, -0.1) is 0 Å². The zero-order chi connectivity index (χ0) is 12.8. The maximum Gasteiger partial charge on any atom is 0.422 e. The largest absolute Gasteiger partial charge is 0.508 e. The molecule has 0 spiro atoms. The van der Waals surface area contributed by atoms with Gasteiger partial charge in [0.25, 0.3) is 0 Å². The van der Waals surface area contributed by atoms with Gasteiger partial charge in [0.15, 0.2) is 11.5 Å². The van der Waals surface area contributed by atoms with Gasteiger partial charge in [0, 0.05) is 6.07 Å². The fraction of sp³-hybridized carbons (Fsp3) is 0.273.